The van der Waals surface area contributed by atoms with Gasteiger partial charge in [-0.3, -0.25) is 0 Å². The summed E-state index contributed by atoms with van der Waals surface area (Å²) in [5, 5.41) is 0. The van der Waals surface area contributed by atoms with Crippen molar-refractivity contribution in [1.29, 1.82) is 0 Å². The van der Waals surface area contributed by atoms with E-state index in [1.165, 1.54) is 22.3 Å². The summed E-state index contributed by atoms with van der Waals surface area (Å²) in [6.45, 7) is 5.76. The summed E-state index contributed by atoms with van der Waals surface area (Å²) in [6, 6.07) is 21.8. The maximum atomic E-state index is 5.95. The van der Waals surface area contributed by atoms with Crippen molar-refractivity contribution < 1.29 is 4.74 Å². The van der Waals surface area contributed by atoms with Gasteiger partial charge in [-0.25, -0.2) is 4.99 Å². The Morgan fingerprint density at radius 2 is 1.86 bits per heavy atom. The molecular weight excluding hydrogens is 364 g/mol. The predicted octanol–water partition coefficient (Wildman–Crippen LogP) is 5.23. The highest BCUT2D eigenvalue weighted by Gasteiger charge is 2.22. The molecule has 0 fully saturated rings. The SMILES string of the molecule is Cc1ccc(CSC[C@H]2COC(c3cccn3Cc3cccc(C)c3)=N2)cc1. The molecule has 0 radical (unpaired) electrons. The van der Waals surface area contributed by atoms with Gasteiger partial charge in [0.1, 0.15) is 12.3 Å². The molecule has 4 heteroatoms. The molecule has 0 amide bonds. The third-order valence-electron chi connectivity index (χ3n) is 4.90. The zero-order valence-electron chi connectivity index (χ0n) is 16.5. The maximum absolute atomic E-state index is 5.95. The van der Waals surface area contributed by atoms with Crippen molar-refractivity contribution in [2.75, 3.05) is 12.4 Å². The van der Waals surface area contributed by atoms with Gasteiger partial charge >= 0.3 is 0 Å². The van der Waals surface area contributed by atoms with Gasteiger partial charge in [0.25, 0.3) is 0 Å². The fourth-order valence-electron chi connectivity index (χ4n) is 3.39. The van der Waals surface area contributed by atoms with Crippen LogP contribution in [0.25, 0.3) is 0 Å². The highest BCUT2D eigenvalue weighted by atomic mass is 32.2. The molecule has 0 spiro atoms. The molecule has 1 aromatic heterocycles. The number of benzene rings is 2. The molecule has 144 valence electrons. The van der Waals surface area contributed by atoms with E-state index in [1.807, 2.05) is 11.8 Å². The number of aryl methyl sites for hydroxylation is 2. The quantitative estimate of drug-likeness (QED) is 0.552. The first-order chi connectivity index (χ1) is 13.7. The van der Waals surface area contributed by atoms with Gasteiger partial charge < -0.3 is 9.30 Å². The van der Waals surface area contributed by atoms with E-state index in [4.69, 9.17) is 9.73 Å². The lowest BCUT2D eigenvalue weighted by Crippen LogP contribution is -2.11. The molecule has 1 aliphatic heterocycles. The monoisotopic (exact) mass is 390 g/mol. The van der Waals surface area contributed by atoms with Crippen LogP contribution in [0.2, 0.25) is 0 Å². The molecular formula is C24H26N2OS. The average molecular weight is 391 g/mol. The lowest BCUT2D eigenvalue weighted by molar-refractivity contribution is 0.323. The van der Waals surface area contributed by atoms with Crippen LogP contribution >= 0.6 is 11.8 Å². The fraction of sp³-hybridized carbons (Fsp3) is 0.292. The van der Waals surface area contributed by atoms with E-state index in [-0.39, 0.29) is 6.04 Å². The third-order valence-corrected chi connectivity index (χ3v) is 6.05. The van der Waals surface area contributed by atoms with Crippen LogP contribution in [-0.2, 0) is 17.0 Å². The minimum atomic E-state index is 0.229. The normalized spacial score (nSPS) is 16.1. The number of hydrogen-bond acceptors (Lipinski definition) is 3. The van der Waals surface area contributed by atoms with Gasteiger partial charge in [0.15, 0.2) is 0 Å². The number of nitrogens with zero attached hydrogens (tertiary/aromatic N) is 2. The molecule has 1 aliphatic rings. The maximum Gasteiger partial charge on any atom is 0.233 e. The number of aromatic nitrogens is 1. The highest BCUT2D eigenvalue weighted by molar-refractivity contribution is 7.98. The second-order valence-corrected chi connectivity index (χ2v) is 8.44. The van der Waals surface area contributed by atoms with Gasteiger partial charge in [-0.1, -0.05) is 59.7 Å². The Hall–Kier alpha value is -2.46. The second-order valence-electron chi connectivity index (χ2n) is 7.41. The molecule has 2 aromatic carbocycles. The lowest BCUT2D eigenvalue weighted by atomic mass is 10.1. The van der Waals surface area contributed by atoms with Crippen LogP contribution < -0.4 is 0 Å². The van der Waals surface area contributed by atoms with Crippen molar-refractivity contribution in [3.8, 4) is 0 Å². The first-order valence-electron chi connectivity index (χ1n) is 9.72. The van der Waals surface area contributed by atoms with Crippen LogP contribution in [0.5, 0.6) is 0 Å². The highest BCUT2D eigenvalue weighted by Crippen LogP contribution is 2.20. The zero-order valence-corrected chi connectivity index (χ0v) is 17.3. The van der Waals surface area contributed by atoms with Crippen molar-refractivity contribution in [1.82, 2.24) is 4.57 Å². The summed E-state index contributed by atoms with van der Waals surface area (Å²) in [5.74, 6) is 2.78. The fourth-order valence-corrected chi connectivity index (χ4v) is 4.38. The van der Waals surface area contributed by atoms with Gasteiger partial charge in [0.05, 0.1) is 6.04 Å². The molecule has 1 atom stereocenters. The molecule has 3 aromatic rings. The minimum Gasteiger partial charge on any atom is -0.474 e. The number of thioether (sulfide) groups is 1. The van der Waals surface area contributed by atoms with Gasteiger partial charge in [-0.05, 0) is 37.1 Å². The number of aliphatic imine (C=N–C) groups is 1. The smallest absolute Gasteiger partial charge is 0.233 e. The minimum absolute atomic E-state index is 0.229. The van der Waals surface area contributed by atoms with Gasteiger partial charge in [-0.15, -0.1) is 0 Å². The van der Waals surface area contributed by atoms with Crippen LogP contribution in [0.4, 0.5) is 0 Å². The largest absolute Gasteiger partial charge is 0.474 e. The molecule has 0 unspecified atom stereocenters. The predicted molar refractivity (Wildman–Crippen MR) is 118 cm³/mol. The van der Waals surface area contributed by atoms with Crippen LogP contribution in [0.15, 0.2) is 71.9 Å². The second kappa shape index (κ2) is 8.70. The standard InChI is InChI=1S/C24H26N2OS/c1-18-8-10-20(11-9-18)16-28-17-22-15-27-24(25-22)23-7-4-12-26(23)14-21-6-3-5-19(2)13-21/h3-13,22H,14-17H2,1-2H3/t22-/m1/s1. The van der Waals surface area contributed by atoms with Crippen molar-refractivity contribution in [2.45, 2.75) is 32.2 Å². The number of rotatable bonds is 7. The summed E-state index contributed by atoms with van der Waals surface area (Å²) in [7, 11) is 0. The number of ether oxygens (including phenoxy) is 1. The van der Waals surface area contributed by atoms with Crippen LogP contribution in [0, 0.1) is 13.8 Å². The van der Waals surface area contributed by atoms with Gasteiger partial charge in [0.2, 0.25) is 5.90 Å². The van der Waals surface area contributed by atoms with Crippen molar-refractivity contribution >= 4 is 17.7 Å². The lowest BCUT2D eigenvalue weighted by Gasteiger charge is -2.09. The van der Waals surface area contributed by atoms with Gasteiger partial charge in [-0.2, -0.15) is 11.8 Å². The molecule has 0 aliphatic carbocycles. The Bertz CT molecular complexity index is 959. The van der Waals surface area contributed by atoms with Crippen molar-refractivity contribution in [3.63, 3.8) is 0 Å². The zero-order chi connectivity index (χ0) is 19.3. The Morgan fingerprint density at radius 3 is 2.68 bits per heavy atom. The Labute approximate surface area is 171 Å². The average Bonchev–Trinajstić information content (AvgIpc) is 3.33. The van der Waals surface area contributed by atoms with E-state index >= 15 is 0 Å². The molecule has 28 heavy (non-hydrogen) atoms. The molecule has 4 rings (SSSR count). The summed E-state index contributed by atoms with van der Waals surface area (Å²) in [5.41, 5.74) is 6.31. The Morgan fingerprint density at radius 1 is 1.00 bits per heavy atom. The topological polar surface area (TPSA) is 26.5 Å². The van der Waals surface area contributed by atoms with E-state index < -0.39 is 0 Å². The first kappa shape index (κ1) is 18.9. The Kier molecular flexibility index (Phi) is 5.87. The van der Waals surface area contributed by atoms with Crippen LogP contribution in [0.3, 0.4) is 0 Å². The molecule has 0 saturated heterocycles. The third kappa shape index (κ3) is 4.68. The van der Waals surface area contributed by atoms with Crippen molar-refractivity contribution in [2.24, 2.45) is 4.99 Å². The molecule has 2 heterocycles. The summed E-state index contributed by atoms with van der Waals surface area (Å²) in [4.78, 5) is 4.85. The molecule has 0 N–H and O–H groups in total. The van der Waals surface area contributed by atoms with Crippen LogP contribution in [0.1, 0.15) is 27.9 Å². The van der Waals surface area contributed by atoms with Crippen molar-refractivity contribution in [3.05, 3.63) is 94.8 Å². The van der Waals surface area contributed by atoms with Crippen LogP contribution in [-0.4, -0.2) is 28.9 Å². The molecule has 0 saturated carbocycles. The summed E-state index contributed by atoms with van der Waals surface area (Å²) >= 11 is 1.92. The Balaban J connectivity index is 1.36. The van der Waals surface area contributed by atoms with E-state index in [1.54, 1.807) is 0 Å². The summed E-state index contributed by atoms with van der Waals surface area (Å²) < 4.78 is 8.16. The summed E-state index contributed by atoms with van der Waals surface area (Å²) in [6.07, 6.45) is 2.10. The van der Waals surface area contributed by atoms with E-state index in [2.05, 4.69) is 85.3 Å². The van der Waals surface area contributed by atoms with E-state index in [0.29, 0.717) is 6.61 Å². The van der Waals surface area contributed by atoms with E-state index in [0.717, 1.165) is 29.6 Å². The molecule has 3 nitrogen and oxygen atoms in total. The molecule has 0 bridgehead atoms. The van der Waals surface area contributed by atoms with Gasteiger partial charge in [0, 0.05) is 24.2 Å². The first-order valence-corrected chi connectivity index (χ1v) is 10.9. The number of hydrogen-bond donors (Lipinski definition) is 0. The van der Waals surface area contributed by atoms with E-state index in [9.17, 15) is 0 Å².